The maximum Gasteiger partial charge on any atom is 0.410 e. The van der Waals surface area contributed by atoms with E-state index in [-0.39, 0.29) is 29.6 Å². The van der Waals surface area contributed by atoms with Crippen molar-refractivity contribution in [1.29, 1.82) is 0 Å². The first-order valence-electron chi connectivity index (χ1n) is 10.9. The summed E-state index contributed by atoms with van der Waals surface area (Å²) in [5.74, 6) is 1.31. The fourth-order valence-corrected chi connectivity index (χ4v) is 5.43. The molecule has 1 unspecified atom stereocenters. The summed E-state index contributed by atoms with van der Waals surface area (Å²) in [4.78, 5) is 16.4. The van der Waals surface area contributed by atoms with Gasteiger partial charge in [-0.15, -0.1) is 0 Å². The zero-order chi connectivity index (χ0) is 21.2. The fourth-order valence-electron chi connectivity index (χ4n) is 5.43. The van der Waals surface area contributed by atoms with E-state index in [4.69, 9.17) is 9.84 Å². The van der Waals surface area contributed by atoms with Crippen LogP contribution in [-0.2, 0) is 4.74 Å². The molecule has 0 bridgehead atoms. The standard InChI is InChI=1S/C22H36N4O3/c1-15-9-18(25-8-7-16(12-27)21(25,5)6)23-26(15)17-10-22(11-17)13-24(14-22)19(28)29-20(2,3)4/h9,16-17,27H,7-8,10-14H2,1-6H3. The van der Waals surface area contributed by atoms with Crippen molar-refractivity contribution in [3.05, 3.63) is 11.8 Å². The largest absolute Gasteiger partial charge is 0.444 e. The van der Waals surface area contributed by atoms with Gasteiger partial charge >= 0.3 is 6.09 Å². The van der Waals surface area contributed by atoms with Crippen LogP contribution in [0.3, 0.4) is 0 Å². The summed E-state index contributed by atoms with van der Waals surface area (Å²) in [7, 11) is 0. The van der Waals surface area contributed by atoms with Crippen LogP contribution in [0.2, 0.25) is 0 Å². The van der Waals surface area contributed by atoms with Crippen molar-refractivity contribution in [2.45, 2.75) is 78.0 Å². The average molecular weight is 405 g/mol. The van der Waals surface area contributed by atoms with Gasteiger partial charge < -0.3 is 19.6 Å². The van der Waals surface area contributed by atoms with Crippen molar-refractivity contribution in [2.75, 3.05) is 31.1 Å². The number of carbonyl (C=O) groups is 1. The van der Waals surface area contributed by atoms with Crippen molar-refractivity contribution < 1.29 is 14.6 Å². The lowest BCUT2D eigenvalue weighted by Gasteiger charge is -2.58. The van der Waals surface area contributed by atoms with Gasteiger partial charge in [-0.1, -0.05) is 0 Å². The van der Waals surface area contributed by atoms with Crippen molar-refractivity contribution in [2.24, 2.45) is 11.3 Å². The lowest BCUT2D eigenvalue weighted by Crippen LogP contribution is -2.64. The Balaban J connectivity index is 1.36. The third-order valence-corrected chi connectivity index (χ3v) is 7.19. The summed E-state index contributed by atoms with van der Waals surface area (Å²) < 4.78 is 7.66. The molecule has 1 spiro atoms. The first-order chi connectivity index (χ1) is 13.4. The second-order valence-corrected chi connectivity index (χ2v) is 11.0. The van der Waals surface area contributed by atoms with E-state index in [1.165, 1.54) is 5.69 Å². The van der Waals surface area contributed by atoms with E-state index in [0.29, 0.717) is 6.04 Å². The highest BCUT2D eigenvalue weighted by molar-refractivity contribution is 5.69. The Kier molecular flexibility index (Phi) is 4.68. The van der Waals surface area contributed by atoms with Gasteiger partial charge in [-0.3, -0.25) is 4.68 Å². The number of carbonyl (C=O) groups excluding carboxylic acids is 1. The molecule has 1 atom stereocenters. The van der Waals surface area contributed by atoms with E-state index in [1.807, 2.05) is 25.7 Å². The Bertz CT molecular complexity index is 780. The highest BCUT2D eigenvalue weighted by Gasteiger charge is 2.55. The Morgan fingerprint density at radius 1 is 1.31 bits per heavy atom. The number of aliphatic hydroxyl groups is 1. The van der Waals surface area contributed by atoms with Gasteiger partial charge in [-0.05, 0) is 60.8 Å². The highest BCUT2D eigenvalue weighted by atomic mass is 16.6. The molecular formula is C22H36N4O3. The maximum absolute atomic E-state index is 12.2. The molecule has 2 aliphatic heterocycles. The quantitative estimate of drug-likeness (QED) is 0.836. The van der Waals surface area contributed by atoms with Crippen LogP contribution in [0.15, 0.2) is 6.07 Å². The molecular weight excluding hydrogens is 368 g/mol. The van der Waals surface area contributed by atoms with Crippen LogP contribution in [0.1, 0.15) is 65.6 Å². The molecule has 1 aromatic rings. The number of hydrogen-bond acceptors (Lipinski definition) is 5. The molecule has 0 aromatic carbocycles. The second kappa shape index (κ2) is 6.62. The van der Waals surface area contributed by atoms with Gasteiger partial charge in [0.2, 0.25) is 0 Å². The molecule has 7 nitrogen and oxygen atoms in total. The summed E-state index contributed by atoms with van der Waals surface area (Å²) in [6.45, 7) is 15.0. The molecule has 29 heavy (non-hydrogen) atoms. The van der Waals surface area contributed by atoms with Crippen LogP contribution in [0.5, 0.6) is 0 Å². The number of anilines is 1. The fraction of sp³-hybridized carbons (Fsp3) is 0.818. The minimum atomic E-state index is -0.442. The maximum atomic E-state index is 12.2. The van der Waals surface area contributed by atoms with E-state index < -0.39 is 5.60 Å². The summed E-state index contributed by atoms with van der Waals surface area (Å²) >= 11 is 0. The van der Waals surface area contributed by atoms with Crippen molar-refractivity contribution in [3.8, 4) is 0 Å². The number of ether oxygens (including phenoxy) is 1. The van der Waals surface area contributed by atoms with Crippen LogP contribution in [-0.4, -0.2) is 63.3 Å². The molecule has 1 aromatic heterocycles. The lowest BCUT2D eigenvalue weighted by molar-refractivity contribution is -0.0930. The highest BCUT2D eigenvalue weighted by Crippen LogP contribution is 2.54. The number of aromatic nitrogens is 2. The predicted octanol–water partition coefficient (Wildman–Crippen LogP) is 3.36. The van der Waals surface area contributed by atoms with Gasteiger partial charge in [0.15, 0.2) is 5.82 Å². The van der Waals surface area contributed by atoms with Crippen LogP contribution in [0.25, 0.3) is 0 Å². The Morgan fingerprint density at radius 2 is 1.97 bits per heavy atom. The van der Waals surface area contributed by atoms with Gasteiger partial charge in [0.25, 0.3) is 0 Å². The molecule has 1 aliphatic carbocycles. The number of aliphatic hydroxyl groups excluding tert-OH is 1. The van der Waals surface area contributed by atoms with Crippen LogP contribution in [0.4, 0.5) is 10.6 Å². The van der Waals surface area contributed by atoms with Gasteiger partial charge in [-0.2, -0.15) is 5.10 Å². The summed E-state index contributed by atoms with van der Waals surface area (Å²) in [5, 5.41) is 14.6. The molecule has 4 rings (SSSR count). The molecule has 1 saturated carbocycles. The molecule has 162 valence electrons. The molecule has 3 aliphatic rings. The van der Waals surface area contributed by atoms with Crippen molar-refractivity contribution in [3.63, 3.8) is 0 Å². The molecule has 1 N–H and O–H groups in total. The zero-order valence-electron chi connectivity index (χ0n) is 18.7. The molecule has 0 radical (unpaired) electrons. The van der Waals surface area contributed by atoms with Crippen LogP contribution < -0.4 is 4.90 Å². The Labute approximate surface area is 174 Å². The molecule has 1 amide bonds. The van der Waals surface area contributed by atoms with E-state index in [9.17, 15) is 9.90 Å². The lowest BCUT2D eigenvalue weighted by atomic mass is 9.61. The number of likely N-dealkylation sites (tertiary alicyclic amines) is 1. The third-order valence-electron chi connectivity index (χ3n) is 7.19. The predicted molar refractivity (Wildman–Crippen MR) is 112 cm³/mol. The smallest absolute Gasteiger partial charge is 0.410 e. The molecule has 3 fully saturated rings. The Hall–Kier alpha value is -1.76. The van der Waals surface area contributed by atoms with Gasteiger partial charge in [-0.25, -0.2) is 4.79 Å². The van der Waals surface area contributed by atoms with Crippen molar-refractivity contribution in [1.82, 2.24) is 14.7 Å². The summed E-state index contributed by atoms with van der Waals surface area (Å²) in [6.07, 6.45) is 2.94. The zero-order valence-corrected chi connectivity index (χ0v) is 18.7. The van der Waals surface area contributed by atoms with E-state index in [2.05, 4.69) is 36.4 Å². The van der Waals surface area contributed by atoms with Crippen molar-refractivity contribution >= 4 is 11.9 Å². The van der Waals surface area contributed by atoms with E-state index in [0.717, 1.165) is 44.7 Å². The monoisotopic (exact) mass is 404 g/mol. The summed E-state index contributed by atoms with van der Waals surface area (Å²) in [6, 6.07) is 2.59. The second-order valence-electron chi connectivity index (χ2n) is 11.0. The molecule has 7 heteroatoms. The van der Waals surface area contributed by atoms with Gasteiger partial charge in [0, 0.05) is 54.9 Å². The summed E-state index contributed by atoms with van der Waals surface area (Å²) in [5.41, 5.74) is 0.910. The van der Waals surface area contributed by atoms with E-state index in [1.54, 1.807) is 0 Å². The number of amides is 1. The topological polar surface area (TPSA) is 70.8 Å². The van der Waals surface area contributed by atoms with Gasteiger partial charge in [0.1, 0.15) is 5.60 Å². The average Bonchev–Trinajstić information content (AvgIpc) is 3.02. The first-order valence-corrected chi connectivity index (χ1v) is 10.9. The number of rotatable bonds is 3. The first kappa shape index (κ1) is 20.5. The minimum absolute atomic E-state index is 0.0803. The Morgan fingerprint density at radius 3 is 2.52 bits per heavy atom. The van der Waals surface area contributed by atoms with Crippen LogP contribution >= 0.6 is 0 Å². The van der Waals surface area contributed by atoms with Gasteiger partial charge in [0.05, 0.1) is 6.04 Å². The molecule has 3 heterocycles. The van der Waals surface area contributed by atoms with E-state index >= 15 is 0 Å². The minimum Gasteiger partial charge on any atom is -0.444 e. The number of aryl methyl sites for hydroxylation is 1. The van der Waals surface area contributed by atoms with Crippen LogP contribution in [0, 0.1) is 18.3 Å². The normalized spacial score (nSPS) is 25.8. The molecule has 2 saturated heterocycles. The third kappa shape index (κ3) is 3.51. The number of hydrogen-bond donors (Lipinski definition) is 1. The number of nitrogens with zero attached hydrogens (tertiary/aromatic N) is 4. The SMILES string of the molecule is Cc1cc(N2CCC(CO)C2(C)C)nn1C1CC2(C1)CN(C(=O)OC(C)(C)C)C2.